The molecule has 0 aliphatic heterocycles. The lowest BCUT2D eigenvalue weighted by atomic mass is 10.0. The maximum absolute atomic E-state index is 11.4. The third kappa shape index (κ3) is 8.66. The van der Waals surface area contributed by atoms with E-state index >= 15 is 0 Å². The van der Waals surface area contributed by atoms with E-state index in [-0.39, 0.29) is 30.3 Å². The number of carbonyl (C=O) groups is 1. The van der Waals surface area contributed by atoms with Crippen molar-refractivity contribution in [1.82, 2.24) is 5.32 Å². The van der Waals surface area contributed by atoms with E-state index in [0.29, 0.717) is 6.54 Å². The molecule has 4 nitrogen and oxygen atoms in total. The van der Waals surface area contributed by atoms with Crippen LogP contribution in [0.5, 0.6) is 0 Å². The van der Waals surface area contributed by atoms with Crippen LogP contribution in [-0.4, -0.2) is 32.2 Å². The Morgan fingerprint density at radius 2 is 2.00 bits per heavy atom. The summed E-state index contributed by atoms with van der Waals surface area (Å²) in [6.45, 7) is 5.14. The van der Waals surface area contributed by atoms with Gasteiger partial charge < -0.3 is 15.8 Å². The Balaban J connectivity index is 0. The van der Waals surface area contributed by atoms with Gasteiger partial charge in [0.2, 0.25) is 5.91 Å². The van der Waals surface area contributed by atoms with Gasteiger partial charge in [0.1, 0.15) is 0 Å². The van der Waals surface area contributed by atoms with Gasteiger partial charge in [-0.2, -0.15) is 0 Å². The van der Waals surface area contributed by atoms with Crippen molar-refractivity contribution < 1.29 is 9.53 Å². The van der Waals surface area contributed by atoms with Gasteiger partial charge >= 0.3 is 0 Å². The van der Waals surface area contributed by atoms with Crippen molar-refractivity contribution in [1.29, 1.82) is 0 Å². The molecule has 3 N–H and O–H groups in total. The number of unbranched alkanes of at least 4 members (excludes halogenated alkanes) is 1. The predicted octanol–water partition coefficient (Wildman–Crippen LogP) is 0.934. The summed E-state index contributed by atoms with van der Waals surface area (Å²) < 4.78 is 4.90. The number of methoxy groups -OCH3 is 1. The molecule has 0 saturated carbocycles. The molecule has 0 aliphatic rings. The second kappa shape index (κ2) is 10.2. The Morgan fingerprint density at radius 1 is 1.40 bits per heavy atom. The highest BCUT2D eigenvalue weighted by molar-refractivity contribution is 5.85. The van der Waals surface area contributed by atoms with Gasteiger partial charge in [0.25, 0.3) is 0 Å². The van der Waals surface area contributed by atoms with Crippen molar-refractivity contribution in [3.05, 3.63) is 0 Å². The molecule has 0 fully saturated rings. The molecule has 1 amide bonds. The van der Waals surface area contributed by atoms with E-state index in [2.05, 4.69) is 5.32 Å². The Hall–Kier alpha value is -0.320. The summed E-state index contributed by atoms with van der Waals surface area (Å²) in [4.78, 5) is 11.4. The van der Waals surface area contributed by atoms with Crippen molar-refractivity contribution in [3.8, 4) is 0 Å². The molecule has 5 heteroatoms. The van der Waals surface area contributed by atoms with E-state index in [1.165, 1.54) is 0 Å². The van der Waals surface area contributed by atoms with Gasteiger partial charge in [0, 0.05) is 32.2 Å². The van der Waals surface area contributed by atoms with Crippen LogP contribution < -0.4 is 11.1 Å². The molecule has 0 aliphatic carbocycles. The second-order valence-corrected chi connectivity index (χ2v) is 3.64. The Morgan fingerprint density at radius 3 is 2.47 bits per heavy atom. The third-order valence-corrected chi connectivity index (χ3v) is 2.28. The fourth-order valence-corrected chi connectivity index (χ4v) is 0.983. The predicted molar refractivity (Wildman–Crippen MR) is 64.2 cm³/mol. The van der Waals surface area contributed by atoms with Gasteiger partial charge in [0.15, 0.2) is 0 Å². The summed E-state index contributed by atoms with van der Waals surface area (Å²) in [5.74, 6) is -0.0742. The largest absolute Gasteiger partial charge is 0.385 e. The van der Waals surface area contributed by atoms with E-state index in [4.69, 9.17) is 10.5 Å². The van der Waals surface area contributed by atoms with Gasteiger partial charge in [0.05, 0.1) is 0 Å². The number of hydrogen-bond acceptors (Lipinski definition) is 3. The molecule has 0 aromatic carbocycles. The molecule has 0 radical (unpaired) electrons. The summed E-state index contributed by atoms with van der Waals surface area (Å²) in [6, 6.07) is -0.0889. The maximum Gasteiger partial charge on any atom is 0.224 e. The van der Waals surface area contributed by atoms with Crippen molar-refractivity contribution in [2.75, 3.05) is 20.3 Å². The highest BCUT2D eigenvalue weighted by Crippen LogP contribution is 1.99. The van der Waals surface area contributed by atoms with E-state index < -0.39 is 0 Å². The minimum atomic E-state index is -0.113. The summed E-state index contributed by atoms with van der Waals surface area (Å²) in [5.41, 5.74) is 5.61. The van der Waals surface area contributed by atoms with Gasteiger partial charge in [-0.1, -0.05) is 6.92 Å². The smallest absolute Gasteiger partial charge is 0.224 e. The first kappa shape index (κ1) is 17.1. The fourth-order valence-electron chi connectivity index (χ4n) is 0.983. The quantitative estimate of drug-likeness (QED) is 0.649. The summed E-state index contributed by atoms with van der Waals surface area (Å²) in [7, 11) is 1.68. The zero-order valence-corrected chi connectivity index (χ0v) is 10.6. The van der Waals surface area contributed by atoms with Crippen LogP contribution in [0.1, 0.15) is 26.7 Å². The average molecular weight is 239 g/mol. The number of nitrogens with two attached hydrogens (primary N) is 1. The number of amides is 1. The average Bonchev–Trinajstić information content (AvgIpc) is 2.16. The van der Waals surface area contributed by atoms with Gasteiger partial charge in [-0.3, -0.25) is 4.79 Å². The maximum atomic E-state index is 11.4. The van der Waals surface area contributed by atoms with Crippen LogP contribution in [0, 0.1) is 5.92 Å². The van der Waals surface area contributed by atoms with Crippen LogP contribution in [0.3, 0.4) is 0 Å². The number of carbonyl (C=O) groups excluding carboxylic acids is 1. The van der Waals surface area contributed by atoms with Crippen LogP contribution in [0.25, 0.3) is 0 Å². The number of nitrogens with one attached hydrogen (secondary N) is 1. The van der Waals surface area contributed by atoms with Crippen LogP contribution in [0.15, 0.2) is 0 Å². The van der Waals surface area contributed by atoms with Crippen LogP contribution in [0.2, 0.25) is 0 Å². The minimum Gasteiger partial charge on any atom is -0.385 e. The first-order valence-corrected chi connectivity index (χ1v) is 5.11. The number of rotatable bonds is 7. The highest BCUT2D eigenvalue weighted by Gasteiger charge is 2.15. The van der Waals surface area contributed by atoms with Crippen molar-refractivity contribution >= 4 is 18.3 Å². The van der Waals surface area contributed by atoms with Crippen molar-refractivity contribution in [2.45, 2.75) is 32.7 Å². The van der Waals surface area contributed by atoms with Crippen LogP contribution in [-0.2, 0) is 9.53 Å². The lowest BCUT2D eigenvalue weighted by molar-refractivity contribution is -0.124. The minimum absolute atomic E-state index is 0. The zero-order valence-electron chi connectivity index (χ0n) is 9.79. The molecule has 2 atom stereocenters. The van der Waals surface area contributed by atoms with Crippen LogP contribution in [0.4, 0.5) is 0 Å². The molecule has 0 bridgehead atoms. The number of ether oxygens (including phenoxy) is 1. The normalized spacial score (nSPS) is 13.9. The summed E-state index contributed by atoms with van der Waals surface area (Å²) in [5, 5.41) is 2.85. The molecule has 0 saturated heterocycles. The molecule has 0 spiro atoms. The van der Waals surface area contributed by atoms with E-state index in [1.807, 2.05) is 13.8 Å². The molecular formula is C10H23ClN2O2. The van der Waals surface area contributed by atoms with E-state index in [0.717, 1.165) is 19.4 Å². The monoisotopic (exact) mass is 238 g/mol. The van der Waals surface area contributed by atoms with Crippen LogP contribution >= 0.6 is 12.4 Å². The second-order valence-electron chi connectivity index (χ2n) is 3.64. The van der Waals surface area contributed by atoms with Crippen molar-refractivity contribution in [2.24, 2.45) is 11.7 Å². The topological polar surface area (TPSA) is 64.3 Å². The molecule has 0 rings (SSSR count). The molecule has 0 aromatic heterocycles. The first-order chi connectivity index (χ1) is 6.59. The molecule has 0 aromatic rings. The third-order valence-electron chi connectivity index (χ3n) is 2.28. The molecule has 2 unspecified atom stereocenters. The fraction of sp³-hybridized carbons (Fsp3) is 0.900. The number of halogens is 1. The lowest BCUT2D eigenvalue weighted by Gasteiger charge is -2.15. The lowest BCUT2D eigenvalue weighted by Crippen LogP contribution is -2.38. The van der Waals surface area contributed by atoms with E-state index in [1.54, 1.807) is 7.11 Å². The van der Waals surface area contributed by atoms with E-state index in [9.17, 15) is 4.79 Å². The first-order valence-electron chi connectivity index (χ1n) is 5.11. The Kier molecular flexibility index (Phi) is 11.6. The van der Waals surface area contributed by atoms with Crippen molar-refractivity contribution in [3.63, 3.8) is 0 Å². The molecule has 15 heavy (non-hydrogen) atoms. The Labute approximate surface area is 98.3 Å². The SMILES string of the molecule is COCCCCNC(=O)C(C)C(C)N.Cl. The standard InChI is InChI=1S/C10H22N2O2.ClH/c1-8(9(2)11)10(13)12-6-4-5-7-14-3;/h8-9H,4-7,11H2,1-3H3,(H,12,13);1H. The molecular weight excluding hydrogens is 216 g/mol. The van der Waals surface area contributed by atoms with Gasteiger partial charge in [-0.25, -0.2) is 0 Å². The summed E-state index contributed by atoms with van der Waals surface area (Å²) >= 11 is 0. The molecule has 0 heterocycles. The summed E-state index contributed by atoms with van der Waals surface area (Å²) in [6.07, 6.45) is 1.93. The molecule has 92 valence electrons. The number of hydrogen-bond donors (Lipinski definition) is 2. The zero-order chi connectivity index (χ0) is 11.0. The Bertz CT molecular complexity index is 166. The highest BCUT2D eigenvalue weighted by atomic mass is 35.5. The van der Waals surface area contributed by atoms with Gasteiger partial charge in [-0.05, 0) is 19.8 Å². The van der Waals surface area contributed by atoms with Gasteiger partial charge in [-0.15, -0.1) is 12.4 Å².